The SMILES string of the molecule is CCC(N)CC(=O)Nc1ccc(O)cc1. The van der Waals surface area contributed by atoms with Gasteiger partial charge in [-0.25, -0.2) is 0 Å². The summed E-state index contributed by atoms with van der Waals surface area (Å²) in [5, 5.41) is 11.7. The van der Waals surface area contributed by atoms with Crippen LogP contribution < -0.4 is 11.1 Å². The summed E-state index contributed by atoms with van der Waals surface area (Å²) in [5.41, 5.74) is 6.32. The van der Waals surface area contributed by atoms with Crippen molar-refractivity contribution in [1.29, 1.82) is 0 Å². The second-order valence-electron chi connectivity index (χ2n) is 3.47. The van der Waals surface area contributed by atoms with Crippen LogP contribution in [0, 0.1) is 0 Å². The van der Waals surface area contributed by atoms with E-state index >= 15 is 0 Å². The Morgan fingerprint density at radius 1 is 1.47 bits per heavy atom. The molecule has 1 atom stereocenters. The Balaban J connectivity index is 2.48. The van der Waals surface area contributed by atoms with Crippen LogP contribution in [-0.4, -0.2) is 17.1 Å². The van der Waals surface area contributed by atoms with Gasteiger partial charge in [0.05, 0.1) is 0 Å². The van der Waals surface area contributed by atoms with Crippen molar-refractivity contribution in [3.05, 3.63) is 24.3 Å². The lowest BCUT2D eigenvalue weighted by molar-refractivity contribution is -0.116. The predicted octanol–water partition coefficient (Wildman–Crippen LogP) is 1.46. The first-order valence-corrected chi connectivity index (χ1v) is 4.96. The molecule has 1 amide bonds. The Bertz CT molecular complexity index is 322. The van der Waals surface area contributed by atoms with Crippen LogP contribution in [0.5, 0.6) is 5.75 Å². The first kappa shape index (κ1) is 11.5. The number of nitrogens with one attached hydrogen (secondary N) is 1. The Hall–Kier alpha value is -1.55. The van der Waals surface area contributed by atoms with Gasteiger partial charge >= 0.3 is 0 Å². The number of amides is 1. The van der Waals surface area contributed by atoms with E-state index in [1.807, 2.05) is 6.92 Å². The molecule has 0 fully saturated rings. The maximum Gasteiger partial charge on any atom is 0.225 e. The van der Waals surface area contributed by atoms with E-state index < -0.39 is 0 Å². The van der Waals surface area contributed by atoms with Crippen LogP contribution in [0.1, 0.15) is 19.8 Å². The van der Waals surface area contributed by atoms with E-state index in [0.29, 0.717) is 12.1 Å². The number of aromatic hydroxyl groups is 1. The molecule has 0 saturated heterocycles. The third-order valence-electron chi connectivity index (χ3n) is 2.12. The monoisotopic (exact) mass is 208 g/mol. The predicted molar refractivity (Wildman–Crippen MR) is 59.6 cm³/mol. The molecule has 1 rings (SSSR count). The zero-order chi connectivity index (χ0) is 11.3. The van der Waals surface area contributed by atoms with Crippen LogP contribution in [0.2, 0.25) is 0 Å². The molecular formula is C11H16N2O2. The van der Waals surface area contributed by atoms with Gasteiger partial charge in [-0.1, -0.05) is 6.92 Å². The number of hydrogen-bond donors (Lipinski definition) is 3. The molecule has 0 spiro atoms. The van der Waals surface area contributed by atoms with Crippen molar-refractivity contribution in [2.24, 2.45) is 5.73 Å². The van der Waals surface area contributed by atoms with Gasteiger partial charge in [-0.2, -0.15) is 0 Å². The maximum absolute atomic E-state index is 11.4. The molecule has 4 heteroatoms. The zero-order valence-electron chi connectivity index (χ0n) is 8.73. The van der Waals surface area contributed by atoms with Crippen molar-refractivity contribution < 1.29 is 9.90 Å². The second-order valence-corrected chi connectivity index (χ2v) is 3.47. The highest BCUT2D eigenvalue weighted by Gasteiger charge is 2.07. The number of rotatable bonds is 4. The zero-order valence-corrected chi connectivity index (χ0v) is 8.73. The number of phenolic OH excluding ortho intramolecular Hbond substituents is 1. The van der Waals surface area contributed by atoms with Gasteiger partial charge in [0, 0.05) is 18.2 Å². The molecule has 15 heavy (non-hydrogen) atoms. The van der Waals surface area contributed by atoms with Crippen molar-refractivity contribution in [2.75, 3.05) is 5.32 Å². The maximum atomic E-state index is 11.4. The van der Waals surface area contributed by atoms with Gasteiger partial charge in [-0.3, -0.25) is 4.79 Å². The fourth-order valence-electron chi connectivity index (χ4n) is 1.14. The Kier molecular flexibility index (Phi) is 4.12. The lowest BCUT2D eigenvalue weighted by Crippen LogP contribution is -2.26. The molecule has 0 aromatic heterocycles. The molecule has 0 saturated carbocycles. The molecule has 1 unspecified atom stereocenters. The van der Waals surface area contributed by atoms with Crippen molar-refractivity contribution in [2.45, 2.75) is 25.8 Å². The van der Waals surface area contributed by atoms with Crippen LogP contribution in [0.15, 0.2) is 24.3 Å². The number of nitrogens with two attached hydrogens (primary N) is 1. The first-order valence-electron chi connectivity index (χ1n) is 4.96. The highest BCUT2D eigenvalue weighted by Crippen LogP contribution is 2.13. The van der Waals surface area contributed by atoms with Gasteiger partial charge < -0.3 is 16.2 Å². The Morgan fingerprint density at radius 3 is 2.60 bits per heavy atom. The number of carbonyl (C=O) groups excluding carboxylic acids is 1. The minimum atomic E-state index is -0.102. The van der Waals surface area contributed by atoms with Crippen LogP contribution >= 0.6 is 0 Å². The molecule has 0 heterocycles. The quantitative estimate of drug-likeness (QED) is 0.656. The molecule has 82 valence electrons. The summed E-state index contributed by atoms with van der Waals surface area (Å²) < 4.78 is 0. The van der Waals surface area contributed by atoms with Crippen LogP contribution in [0.4, 0.5) is 5.69 Å². The van der Waals surface area contributed by atoms with E-state index in [-0.39, 0.29) is 17.7 Å². The summed E-state index contributed by atoms with van der Waals surface area (Å²) in [6.07, 6.45) is 1.10. The fraction of sp³-hybridized carbons (Fsp3) is 0.364. The molecule has 0 aliphatic carbocycles. The Labute approximate surface area is 89.1 Å². The standard InChI is InChI=1S/C11H16N2O2/c1-2-8(12)7-11(15)13-9-3-5-10(14)6-4-9/h3-6,8,14H,2,7,12H2,1H3,(H,13,15). The minimum absolute atomic E-state index is 0.0953. The smallest absolute Gasteiger partial charge is 0.225 e. The van der Waals surface area contributed by atoms with Crippen LogP contribution in [0.25, 0.3) is 0 Å². The molecular weight excluding hydrogens is 192 g/mol. The van der Waals surface area contributed by atoms with E-state index in [4.69, 9.17) is 10.8 Å². The number of carbonyl (C=O) groups is 1. The van der Waals surface area contributed by atoms with E-state index in [0.717, 1.165) is 6.42 Å². The van der Waals surface area contributed by atoms with Crippen molar-refractivity contribution in [3.8, 4) is 5.75 Å². The number of phenols is 1. The van der Waals surface area contributed by atoms with Gasteiger partial charge in [0.1, 0.15) is 5.75 Å². The highest BCUT2D eigenvalue weighted by molar-refractivity contribution is 5.91. The summed E-state index contributed by atoms with van der Waals surface area (Å²) in [4.78, 5) is 11.4. The molecule has 1 aromatic carbocycles. The van der Waals surface area contributed by atoms with Crippen LogP contribution in [-0.2, 0) is 4.79 Å². The highest BCUT2D eigenvalue weighted by atomic mass is 16.3. The van der Waals surface area contributed by atoms with Gasteiger partial charge in [-0.05, 0) is 30.7 Å². The lowest BCUT2D eigenvalue weighted by atomic mass is 10.1. The third kappa shape index (κ3) is 3.99. The van der Waals surface area contributed by atoms with E-state index in [9.17, 15) is 4.79 Å². The third-order valence-corrected chi connectivity index (χ3v) is 2.12. The molecule has 0 aliphatic heterocycles. The van der Waals surface area contributed by atoms with Crippen molar-refractivity contribution >= 4 is 11.6 Å². The number of benzene rings is 1. The summed E-state index contributed by atoms with van der Waals surface area (Å²) in [6.45, 7) is 1.94. The lowest BCUT2D eigenvalue weighted by Gasteiger charge is -2.09. The molecule has 1 aromatic rings. The van der Waals surface area contributed by atoms with Crippen molar-refractivity contribution in [3.63, 3.8) is 0 Å². The Morgan fingerprint density at radius 2 is 2.07 bits per heavy atom. The number of anilines is 1. The molecule has 4 nitrogen and oxygen atoms in total. The summed E-state index contributed by atoms with van der Waals surface area (Å²) in [7, 11) is 0. The topological polar surface area (TPSA) is 75.4 Å². The van der Waals surface area contributed by atoms with Crippen molar-refractivity contribution in [1.82, 2.24) is 0 Å². The fourth-order valence-corrected chi connectivity index (χ4v) is 1.14. The summed E-state index contributed by atoms with van der Waals surface area (Å²) in [6, 6.07) is 6.24. The van der Waals surface area contributed by atoms with E-state index in [1.165, 1.54) is 12.1 Å². The molecule has 0 radical (unpaired) electrons. The first-order chi connectivity index (χ1) is 7.11. The van der Waals surface area contributed by atoms with E-state index in [2.05, 4.69) is 5.32 Å². The van der Waals surface area contributed by atoms with Gasteiger partial charge in [0.25, 0.3) is 0 Å². The average Bonchev–Trinajstić information content (AvgIpc) is 2.21. The van der Waals surface area contributed by atoms with Gasteiger partial charge in [0.15, 0.2) is 0 Å². The van der Waals surface area contributed by atoms with E-state index in [1.54, 1.807) is 12.1 Å². The summed E-state index contributed by atoms with van der Waals surface area (Å²) in [5.74, 6) is 0.0771. The largest absolute Gasteiger partial charge is 0.508 e. The second kappa shape index (κ2) is 5.36. The summed E-state index contributed by atoms with van der Waals surface area (Å²) >= 11 is 0. The average molecular weight is 208 g/mol. The van der Waals surface area contributed by atoms with Gasteiger partial charge in [-0.15, -0.1) is 0 Å². The number of hydrogen-bond acceptors (Lipinski definition) is 3. The molecule has 0 bridgehead atoms. The normalized spacial score (nSPS) is 12.1. The molecule has 4 N–H and O–H groups in total. The molecule has 0 aliphatic rings. The minimum Gasteiger partial charge on any atom is -0.508 e. The van der Waals surface area contributed by atoms with Gasteiger partial charge in [0.2, 0.25) is 5.91 Å². The van der Waals surface area contributed by atoms with Crippen LogP contribution in [0.3, 0.4) is 0 Å².